The topological polar surface area (TPSA) is 99.4 Å². The summed E-state index contributed by atoms with van der Waals surface area (Å²) < 4.78 is 37.5. The molecule has 0 spiro atoms. The summed E-state index contributed by atoms with van der Waals surface area (Å²) in [5.41, 5.74) is 4.13. The van der Waals surface area contributed by atoms with Crippen LogP contribution in [0.2, 0.25) is 0 Å². The SMILES string of the molecule is Cc1cccc(CBr)c1.Oc1cccc(COc2cccc(F)c2OCc2cccc(O)c2)c1.Oc1cccc(F)c1O. The fourth-order valence-electron chi connectivity index (χ4n) is 3.65. The summed E-state index contributed by atoms with van der Waals surface area (Å²) >= 11 is 3.39. The van der Waals surface area contributed by atoms with Gasteiger partial charge in [-0.2, -0.15) is 0 Å². The van der Waals surface area contributed by atoms with Gasteiger partial charge in [0, 0.05) is 5.33 Å². The van der Waals surface area contributed by atoms with Crippen LogP contribution in [0, 0.1) is 18.6 Å². The van der Waals surface area contributed by atoms with Gasteiger partial charge in [-0.05, 0) is 72.1 Å². The molecular weight excluding hydrogens is 622 g/mol. The minimum atomic E-state index is -0.810. The van der Waals surface area contributed by atoms with E-state index in [2.05, 4.69) is 47.1 Å². The molecule has 5 aromatic carbocycles. The second kappa shape index (κ2) is 16.6. The molecule has 0 radical (unpaired) electrons. The van der Waals surface area contributed by atoms with Crippen molar-refractivity contribution in [2.75, 3.05) is 0 Å². The van der Waals surface area contributed by atoms with Gasteiger partial charge in [0.2, 0.25) is 0 Å². The Labute approximate surface area is 257 Å². The molecule has 5 rings (SSSR count). The Bertz CT molecular complexity index is 1590. The highest BCUT2D eigenvalue weighted by Crippen LogP contribution is 2.32. The van der Waals surface area contributed by atoms with E-state index in [1.54, 1.807) is 54.6 Å². The van der Waals surface area contributed by atoms with Crippen molar-refractivity contribution >= 4 is 15.9 Å². The van der Waals surface area contributed by atoms with Gasteiger partial charge in [0.25, 0.3) is 0 Å². The van der Waals surface area contributed by atoms with Crippen LogP contribution in [-0.4, -0.2) is 20.4 Å². The second-order valence-electron chi connectivity index (χ2n) is 9.21. The molecule has 43 heavy (non-hydrogen) atoms. The summed E-state index contributed by atoms with van der Waals surface area (Å²) in [6.45, 7) is 2.37. The van der Waals surface area contributed by atoms with Crippen LogP contribution in [-0.2, 0) is 18.5 Å². The van der Waals surface area contributed by atoms with Gasteiger partial charge < -0.3 is 29.9 Å². The molecule has 5 aromatic rings. The molecule has 9 heteroatoms. The first kappa shape index (κ1) is 32.8. The van der Waals surface area contributed by atoms with Crippen molar-refractivity contribution in [3.8, 4) is 34.5 Å². The molecule has 0 aliphatic heterocycles. The van der Waals surface area contributed by atoms with Crippen molar-refractivity contribution in [2.45, 2.75) is 25.5 Å². The number of alkyl halides is 1. The van der Waals surface area contributed by atoms with E-state index >= 15 is 0 Å². The Morgan fingerprint density at radius 1 is 0.605 bits per heavy atom. The number of phenols is 4. The molecule has 0 saturated carbocycles. The third kappa shape index (κ3) is 10.9. The third-order valence-electron chi connectivity index (χ3n) is 5.73. The lowest BCUT2D eigenvalue weighted by Gasteiger charge is -2.14. The molecule has 0 atom stereocenters. The van der Waals surface area contributed by atoms with Gasteiger partial charge in [0.1, 0.15) is 24.7 Å². The first-order valence-electron chi connectivity index (χ1n) is 13.0. The number of halogens is 3. The van der Waals surface area contributed by atoms with Crippen LogP contribution < -0.4 is 9.47 Å². The maximum atomic E-state index is 14.1. The summed E-state index contributed by atoms with van der Waals surface area (Å²) in [6, 6.07) is 29.7. The molecule has 0 heterocycles. The number of rotatable bonds is 7. The number of aryl methyl sites for hydroxylation is 1. The lowest BCUT2D eigenvalue weighted by atomic mass is 10.2. The molecule has 0 aliphatic rings. The Balaban J connectivity index is 0.000000228. The Morgan fingerprint density at radius 2 is 1.14 bits per heavy atom. The average molecular weight is 654 g/mol. The smallest absolute Gasteiger partial charge is 0.197 e. The molecule has 224 valence electrons. The van der Waals surface area contributed by atoms with Crippen LogP contribution in [0.1, 0.15) is 22.3 Å². The quantitative estimate of drug-likeness (QED) is 0.104. The molecule has 0 amide bonds. The van der Waals surface area contributed by atoms with Crippen molar-refractivity contribution in [1.82, 2.24) is 0 Å². The largest absolute Gasteiger partial charge is 0.508 e. The standard InChI is InChI=1S/C20H17FO4.C8H9Br.C6H5FO2/c21-18-8-3-9-19(24-12-14-4-1-6-16(22)10-14)20(18)25-13-15-5-2-7-17(23)11-15;1-7-3-2-4-8(5-7)6-9;7-4-2-1-3-5(8)6(4)9/h1-11,22-23H,12-13H2;2-5H,6H2,1H3;1-3,8-9H. The van der Waals surface area contributed by atoms with Crippen molar-refractivity contribution in [2.24, 2.45) is 0 Å². The predicted octanol–water partition coefficient (Wildman–Crippen LogP) is 8.52. The molecule has 0 aliphatic carbocycles. The average Bonchev–Trinajstić information content (AvgIpc) is 2.99. The molecule has 0 unspecified atom stereocenters. The van der Waals surface area contributed by atoms with E-state index in [1.807, 2.05) is 0 Å². The molecular formula is C34H31BrF2O6. The Morgan fingerprint density at radius 3 is 1.67 bits per heavy atom. The highest BCUT2D eigenvalue weighted by atomic mass is 79.9. The van der Waals surface area contributed by atoms with Gasteiger partial charge in [0.05, 0.1) is 0 Å². The van der Waals surface area contributed by atoms with Crippen molar-refractivity contribution in [3.05, 3.63) is 143 Å². The summed E-state index contributed by atoms with van der Waals surface area (Å²) in [7, 11) is 0. The summed E-state index contributed by atoms with van der Waals surface area (Å²) in [5.74, 6) is -1.94. The second-order valence-corrected chi connectivity index (χ2v) is 9.78. The van der Waals surface area contributed by atoms with Crippen molar-refractivity contribution in [3.63, 3.8) is 0 Å². The van der Waals surface area contributed by atoms with Crippen molar-refractivity contribution in [1.29, 1.82) is 0 Å². The van der Waals surface area contributed by atoms with Crippen LogP contribution in [0.25, 0.3) is 0 Å². The normalized spacial score (nSPS) is 10.0. The summed E-state index contributed by atoms with van der Waals surface area (Å²) in [4.78, 5) is 0. The highest BCUT2D eigenvalue weighted by molar-refractivity contribution is 9.08. The van der Waals surface area contributed by atoms with E-state index in [-0.39, 0.29) is 36.2 Å². The van der Waals surface area contributed by atoms with Gasteiger partial charge in [-0.1, -0.05) is 82.2 Å². The molecule has 4 N–H and O–H groups in total. The molecule has 6 nitrogen and oxygen atoms in total. The lowest BCUT2D eigenvalue weighted by molar-refractivity contribution is 0.245. The number of hydrogen-bond acceptors (Lipinski definition) is 6. The molecule has 0 fully saturated rings. The number of ether oxygens (including phenoxy) is 2. The minimum Gasteiger partial charge on any atom is -0.508 e. The van der Waals surface area contributed by atoms with E-state index in [9.17, 15) is 19.0 Å². The lowest BCUT2D eigenvalue weighted by Crippen LogP contribution is -2.02. The zero-order valence-corrected chi connectivity index (χ0v) is 24.8. The predicted molar refractivity (Wildman–Crippen MR) is 165 cm³/mol. The number of aromatic hydroxyl groups is 4. The maximum absolute atomic E-state index is 14.1. The number of benzene rings is 5. The third-order valence-corrected chi connectivity index (χ3v) is 6.38. The number of para-hydroxylation sites is 2. The minimum absolute atomic E-state index is 0.00555. The molecule has 0 bridgehead atoms. The number of phenolic OH excluding ortho intramolecular Hbond substituents is 4. The van der Waals surface area contributed by atoms with Gasteiger partial charge in [0.15, 0.2) is 34.6 Å². The Hall–Kier alpha value is -4.76. The molecule has 0 aromatic heterocycles. The fourth-order valence-corrected chi connectivity index (χ4v) is 4.00. The highest BCUT2D eigenvalue weighted by Gasteiger charge is 2.12. The first-order valence-corrected chi connectivity index (χ1v) is 14.2. The zero-order valence-electron chi connectivity index (χ0n) is 23.3. The van der Waals surface area contributed by atoms with Crippen LogP contribution in [0.15, 0.2) is 109 Å². The molecule has 0 saturated heterocycles. The van der Waals surface area contributed by atoms with Gasteiger partial charge in [-0.25, -0.2) is 8.78 Å². The maximum Gasteiger partial charge on any atom is 0.197 e. The van der Waals surface area contributed by atoms with Crippen LogP contribution >= 0.6 is 15.9 Å². The van der Waals surface area contributed by atoms with Gasteiger partial charge in [-0.3, -0.25) is 0 Å². The van der Waals surface area contributed by atoms with Gasteiger partial charge in [-0.15, -0.1) is 0 Å². The van der Waals surface area contributed by atoms with E-state index < -0.39 is 23.1 Å². The van der Waals surface area contributed by atoms with E-state index in [0.29, 0.717) is 5.56 Å². The van der Waals surface area contributed by atoms with E-state index in [4.69, 9.17) is 19.7 Å². The van der Waals surface area contributed by atoms with Crippen LogP contribution in [0.5, 0.6) is 34.5 Å². The van der Waals surface area contributed by atoms with Crippen LogP contribution in [0.3, 0.4) is 0 Å². The van der Waals surface area contributed by atoms with E-state index in [1.165, 1.54) is 35.4 Å². The number of hydrogen-bond donors (Lipinski definition) is 4. The zero-order chi connectivity index (χ0) is 31.2. The first-order chi connectivity index (χ1) is 20.7. The monoisotopic (exact) mass is 652 g/mol. The van der Waals surface area contributed by atoms with Crippen molar-refractivity contribution < 1.29 is 38.7 Å². The van der Waals surface area contributed by atoms with Crippen LogP contribution in [0.4, 0.5) is 8.78 Å². The summed E-state index contributed by atoms with van der Waals surface area (Å²) in [5, 5.41) is 37.1. The van der Waals surface area contributed by atoms with Gasteiger partial charge >= 0.3 is 0 Å². The van der Waals surface area contributed by atoms with E-state index in [0.717, 1.165) is 17.0 Å². The Kier molecular flexibility index (Phi) is 12.7. The summed E-state index contributed by atoms with van der Waals surface area (Å²) in [6.07, 6.45) is 0. The fraction of sp³-hybridized carbons (Fsp3) is 0.118.